The van der Waals surface area contributed by atoms with Crippen molar-refractivity contribution < 1.29 is 33.0 Å². The van der Waals surface area contributed by atoms with Crippen molar-refractivity contribution in [2.75, 3.05) is 0 Å². The molecule has 1 amide bonds. The zero-order chi connectivity index (χ0) is 20.9. The number of alkyl halides is 3. The number of nitrogens with zero attached hydrogens (tertiary/aromatic N) is 1. The van der Waals surface area contributed by atoms with Gasteiger partial charge in [0.25, 0.3) is 5.91 Å². The van der Waals surface area contributed by atoms with Gasteiger partial charge in [-0.2, -0.15) is 18.4 Å². The van der Waals surface area contributed by atoms with Crippen molar-refractivity contribution >= 4 is 11.9 Å². The number of aliphatic carboxylic acids is 1. The van der Waals surface area contributed by atoms with Crippen molar-refractivity contribution in [3.63, 3.8) is 0 Å². The number of nitrogens with one attached hydrogen (secondary N) is 1. The highest BCUT2D eigenvalue weighted by Gasteiger charge is 2.31. The Morgan fingerprint density at radius 3 is 2.32 bits per heavy atom. The second kappa shape index (κ2) is 8.54. The third-order valence-corrected chi connectivity index (χ3v) is 3.91. The number of halogens is 3. The fourth-order valence-corrected chi connectivity index (χ4v) is 2.46. The normalized spacial score (nSPS) is 13.2. The van der Waals surface area contributed by atoms with E-state index in [4.69, 9.17) is 5.26 Å². The second-order valence-electron chi connectivity index (χ2n) is 5.94. The molecule has 146 valence electrons. The molecule has 2 aromatic rings. The number of rotatable bonds is 6. The molecule has 3 N–H and O–H groups in total. The summed E-state index contributed by atoms with van der Waals surface area (Å²) in [5.41, 5.74) is -0.251. The van der Waals surface area contributed by atoms with E-state index in [-0.39, 0.29) is 12.0 Å². The number of hydrogen-bond donors (Lipinski definition) is 3. The molecule has 0 spiro atoms. The Kier molecular flexibility index (Phi) is 6.38. The van der Waals surface area contributed by atoms with Gasteiger partial charge >= 0.3 is 12.1 Å². The average molecular weight is 392 g/mol. The van der Waals surface area contributed by atoms with Crippen LogP contribution in [0.3, 0.4) is 0 Å². The SMILES string of the molecule is N#Cc1cccc(C[C@@H](NC(=O)[C@@H](O)c2ccc(C(F)(F)F)cc2)C(=O)O)c1. The maximum absolute atomic E-state index is 12.6. The van der Waals surface area contributed by atoms with Gasteiger partial charge in [-0.3, -0.25) is 4.79 Å². The topological polar surface area (TPSA) is 110 Å². The van der Waals surface area contributed by atoms with Crippen LogP contribution < -0.4 is 5.32 Å². The van der Waals surface area contributed by atoms with Crippen LogP contribution >= 0.6 is 0 Å². The maximum atomic E-state index is 12.6. The van der Waals surface area contributed by atoms with E-state index in [1.54, 1.807) is 12.1 Å². The Bertz CT molecular complexity index is 905. The summed E-state index contributed by atoms with van der Waals surface area (Å²) >= 11 is 0. The van der Waals surface area contributed by atoms with Gasteiger partial charge in [0.05, 0.1) is 17.2 Å². The van der Waals surface area contributed by atoms with Crippen LogP contribution in [0.2, 0.25) is 0 Å². The largest absolute Gasteiger partial charge is 0.480 e. The van der Waals surface area contributed by atoms with Gasteiger partial charge in [-0.15, -0.1) is 0 Å². The Hall–Kier alpha value is -3.38. The molecule has 0 aliphatic heterocycles. The Balaban J connectivity index is 2.10. The van der Waals surface area contributed by atoms with Crippen LogP contribution in [-0.4, -0.2) is 28.1 Å². The van der Waals surface area contributed by atoms with E-state index in [1.807, 2.05) is 6.07 Å². The van der Waals surface area contributed by atoms with Gasteiger partial charge in [-0.25, -0.2) is 4.79 Å². The first-order valence-electron chi connectivity index (χ1n) is 7.99. The molecule has 28 heavy (non-hydrogen) atoms. The van der Waals surface area contributed by atoms with Crippen LogP contribution in [-0.2, 0) is 22.2 Å². The zero-order valence-corrected chi connectivity index (χ0v) is 14.3. The summed E-state index contributed by atoms with van der Waals surface area (Å²) in [4.78, 5) is 23.6. The van der Waals surface area contributed by atoms with E-state index in [1.165, 1.54) is 12.1 Å². The number of amides is 1. The van der Waals surface area contributed by atoms with Gasteiger partial charge in [-0.05, 0) is 35.4 Å². The van der Waals surface area contributed by atoms with Gasteiger partial charge < -0.3 is 15.5 Å². The minimum atomic E-state index is -4.56. The monoisotopic (exact) mass is 392 g/mol. The summed E-state index contributed by atoms with van der Waals surface area (Å²) < 4.78 is 37.7. The molecule has 0 unspecified atom stereocenters. The number of carboxylic acid groups (broad SMARTS) is 1. The minimum Gasteiger partial charge on any atom is -0.480 e. The Labute approximate surface area is 157 Å². The lowest BCUT2D eigenvalue weighted by molar-refractivity contribution is -0.143. The van der Waals surface area contributed by atoms with Crippen molar-refractivity contribution in [3.8, 4) is 6.07 Å². The van der Waals surface area contributed by atoms with E-state index >= 15 is 0 Å². The average Bonchev–Trinajstić information content (AvgIpc) is 2.66. The molecule has 0 aromatic heterocycles. The number of carbonyl (C=O) groups excluding carboxylic acids is 1. The maximum Gasteiger partial charge on any atom is 0.416 e. The molecule has 0 fully saturated rings. The van der Waals surface area contributed by atoms with Gasteiger partial charge in [0.2, 0.25) is 0 Å². The molecule has 0 saturated carbocycles. The smallest absolute Gasteiger partial charge is 0.416 e. The Morgan fingerprint density at radius 1 is 1.14 bits per heavy atom. The quantitative estimate of drug-likeness (QED) is 0.699. The molecule has 0 heterocycles. The molecular formula is C19H15F3N2O4. The molecule has 2 rings (SSSR count). The molecule has 0 saturated heterocycles. The highest BCUT2D eigenvalue weighted by Crippen LogP contribution is 2.30. The summed E-state index contributed by atoms with van der Waals surface area (Å²) in [5.74, 6) is -2.43. The number of carboxylic acids is 1. The minimum absolute atomic E-state index is 0.110. The second-order valence-corrected chi connectivity index (χ2v) is 5.94. The number of aliphatic hydroxyl groups is 1. The summed E-state index contributed by atoms with van der Waals surface area (Å²) in [6, 6.07) is 9.97. The predicted molar refractivity (Wildman–Crippen MR) is 90.8 cm³/mol. The highest BCUT2D eigenvalue weighted by molar-refractivity contribution is 5.87. The molecule has 2 aromatic carbocycles. The third-order valence-electron chi connectivity index (χ3n) is 3.91. The van der Waals surface area contributed by atoms with Gasteiger partial charge in [-0.1, -0.05) is 24.3 Å². The fraction of sp³-hybridized carbons (Fsp3) is 0.211. The van der Waals surface area contributed by atoms with Crippen molar-refractivity contribution in [1.29, 1.82) is 5.26 Å². The highest BCUT2D eigenvalue weighted by atomic mass is 19.4. The molecule has 2 atom stereocenters. The first kappa shape index (κ1) is 20.9. The van der Waals surface area contributed by atoms with Crippen LogP contribution in [0.4, 0.5) is 13.2 Å². The van der Waals surface area contributed by atoms with Crippen LogP contribution in [0.1, 0.15) is 28.4 Å². The fourth-order valence-electron chi connectivity index (χ4n) is 2.46. The summed E-state index contributed by atoms with van der Waals surface area (Å²) in [6.07, 6.45) is -6.54. The zero-order valence-electron chi connectivity index (χ0n) is 14.3. The van der Waals surface area contributed by atoms with Gasteiger partial charge in [0.15, 0.2) is 6.10 Å². The van der Waals surface area contributed by atoms with Crippen molar-refractivity contribution in [1.82, 2.24) is 5.32 Å². The lowest BCUT2D eigenvalue weighted by Crippen LogP contribution is -2.44. The Morgan fingerprint density at radius 2 is 1.79 bits per heavy atom. The van der Waals surface area contributed by atoms with Crippen LogP contribution in [0.5, 0.6) is 0 Å². The van der Waals surface area contributed by atoms with Gasteiger partial charge in [0, 0.05) is 6.42 Å². The molecule has 9 heteroatoms. The molecule has 0 radical (unpaired) electrons. The lowest BCUT2D eigenvalue weighted by atomic mass is 10.0. The molecule has 0 aliphatic carbocycles. The summed E-state index contributed by atoms with van der Waals surface area (Å²) in [6.45, 7) is 0. The van der Waals surface area contributed by atoms with Gasteiger partial charge in [0.1, 0.15) is 6.04 Å². The van der Waals surface area contributed by atoms with Crippen molar-refractivity contribution in [2.24, 2.45) is 0 Å². The summed E-state index contributed by atoms with van der Waals surface area (Å²) in [5, 5.41) is 30.4. The van der Waals surface area contributed by atoms with E-state index in [2.05, 4.69) is 5.32 Å². The van der Waals surface area contributed by atoms with E-state index < -0.39 is 35.8 Å². The predicted octanol–water partition coefficient (Wildman–Crippen LogP) is 2.42. The van der Waals surface area contributed by atoms with E-state index in [0.29, 0.717) is 23.3 Å². The molecular weight excluding hydrogens is 377 g/mol. The molecule has 0 aliphatic rings. The first-order valence-corrected chi connectivity index (χ1v) is 7.99. The lowest BCUT2D eigenvalue weighted by Gasteiger charge is -2.18. The van der Waals surface area contributed by atoms with Crippen molar-refractivity contribution in [3.05, 3.63) is 70.8 Å². The van der Waals surface area contributed by atoms with Crippen LogP contribution in [0, 0.1) is 11.3 Å². The molecule has 0 bridgehead atoms. The number of aliphatic hydroxyl groups excluding tert-OH is 1. The van der Waals surface area contributed by atoms with Crippen LogP contribution in [0.15, 0.2) is 48.5 Å². The standard InChI is InChI=1S/C19H15F3N2O4/c20-19(21,22)14-6-4-13(5-7-14)16(25)17(26)24-15(18(27)28)9-11-2-1-3-12(8-11)10-23/h1-8,15-16,25H,9H2,(H,24,26)(H,27,28)/t15-,16+/m1/s1. The van der Waals surface area contributed by atoms with Crippen molar-refractivity contribution in [2.45, 2.75) is 24.7 Å². The van der Waals surface area contributed by atoms with Crippen LogP contribution in [0.25, 0.3) is 0 Å². The van der Waals surface area contributed by atoms with E-state index in [0.717, 1.165) is 12.1 Å². The summed E-state index contributed by atoms with van der Waals surface area (Å²) in [7, 11) is 0. The number of nitriles is 1. The van der Waals surface area contributed by atoms with E-state index in [9.17, 15) is 33.0 Å². The third kappa shape index (κ3) is 5.31. The number of hydrogen-bond acceptors (Lipinski definition) is 4. The number of carbonyl (C=O) groups is 2. The first-order chi connectivity index (χ1) is 13.1. The number of benzene rings is 2. The molecule has 6 nitrogen and oxygen atoms in total.